The highest BCUT2D eigenvalue weighted by atomic mass is 35.5. The Bertz CT molecular complexity index is 1820. The Kier molecular flexibility index (Phi) is 67.8. The fourth-order valence-electron chi connectivity index (χ4n) is 2.49. The smallest absolute Gasteiger partial charge is 0.429 e. The Morgan fingerprint density at radius 2 is 0.851 bits per heavy atom. The Hall–Kier alpha value is -6.22. The zero-order valence-corrected chi connectivity index (χ0v) is 47.4. The number of ether oxygens (including phenoxy) is 10. The van der Waals surface area contributed by atoms with Crippen LogP contribution in [0.15, 0.2) is 72.0 Å². The van der Waals surface area contributed by atoms with Gasteiger partial charge in [-0.3, -0.25) is 0 Å². The van der Waals surface area contributed by atoms with Crippen molar-refractivity contribution in [3.05, 3.63) is 80.3 Å². The number of carbonyl (C=O) groups is 5. The number of alkyl halides is 6. The maximum Gasteiger partial charge on any atom is 0.518 e. The Labute approximate surface area is 442 Å². The monoisotopic (exact) mass is 1150 g/mol. The van der Waals surface area contributed by atoms with E-state index in [-0.39, 0.29) is 19.8 Å². The molecule has 3 aromatic heterocycles. The molecule has 3 aromatic rings. The summed E-state index contributed by atoms with van der Waals surface area (Å²) in [6.45, 7) is 40.5. The molecule has 0 saturated carbocycles. The highest BCUT2D eigenvalue weighted by Crippen LogP contribution is 2.21. The first-order valence-electron chi connectivity index (χ1n) is 22.6. The van der Waals surface area contributed by atoms with Gasteiger partial charge in [-0.15, -0.1) is 0 Å². The average Bonchev–Trinajstić information content (AvgIpc) is 4.32. The van der Waals surface area contributed by atoms with E-state index in [1.165, 1.54) is 18.8 Å². The first-order valence-corrected chi connectivity index (χ1v) is 23.9. The van der Waals surface area contributed by atoms with Gasteiger partial charge in [0.05, 0.1) is 0 Å². The highest BCUT2D eigenvalue weighted by Gasteiger charge is 2.36. The van der Waals surface area contributed by atoms with Crippen LogP contribution in [0, 0.1) is 20.8 Å². The first-order chi connectivity index (χ1) is 35.1. The van der Waals surface area contributed by atoms with Crippen molar-refractivity contribution in [2.24, 2.45) is 0 Å². The van der Waals surface area contributed by atoms with E-state index >= 15 is 0 Å². The highest BCUT2D eigenvalue weighted by molar-refractivity contribution is 6.29. The fraction of sp³-hybridized carbons (Fsp3) is 0.636. The van der Waals surface area contributed by atoms with Crippen molar-refractivity contribution in [1.29, 1.82) is 0 Å². The van der Waals surface area contributed by atoms with Gasteiger partial charge < -0.3 is 73.9 Å². The molecule has 5 aliphatic heterocycles. The molecule has 8 heterocycles. The third kappa shape index (κ3) is 52.1. The number of carbonyl (C=O) groups excluding carboxylic acids is 5. The van der Waals surface area contributed by atoms with Crippen molar-refractivity contribution in [1.82, 2.24) is 0 Å². The van der Waals surface area contributed by atoms with Gasteiger partial charge in [-0.1, -0.05) is 152 Å². The molecule has 8 rings (SSSR count). The normalized spacial score (nSPS) is 18.5. The summed E-state index contributed by atoms with van der Waals surface area (Å²) < 4.78 is 101. The number of halogens is 6. The quantitative estimate of drug-likeness (QED) is 0.115. The van der Waals surface area contributed by atoms with Gasteiger partial charge in [-0.25, -0.2) is 38.4 Å². The third-order valence-corrected chi connectivity index (χ3v) is 5.84. The second-order valence-corrected chi connectivity index (χ2v) is 10.6. The van der Waals surface area contributed by atoms with Crippen LogP contribution < -0.4 is 17.5 Å². The summed E-state index contributed by atoms with van der Waals surface area (Å²) >= 11 is 15.8. The Morgan fingerprint density at radius 1 is 0.459 bits per heavy atom. The van der Waals surface area contributed by atoms with Crippen LogP contribution in [0.25, 0.3) is 0 Å². The molecule has 0 spiro atoms. The van der Waals surface area contributed by atoms with E-state index in [1.54, 1.807) is 20.8 Å². The van der Waals surface area contributed by atoms with Crippen LogP contribution in [-0.4, -0.2) is 86.4 Å². The zero-order chi connectivity index (χ0) is 59.9. The summed E-state index contributed by atoms with van der Waals surface area (Å²) in [4.78, 5) is 79.3. The van der Waals surface area contributed by atoms with Crippen molar-refractivity contribution in [3.8, 4) is 0 Å². The minimum atomic E-state index is -2.25. The lowest BCUT2D eigenvalue weighted by molar-refractivity contribution is -0.0349. The molecule has 6 atom stereocenters. The minimum Gasteiger partial charge on any atom is -0.429 e. The molecule has 0 amide bonds. The van der Waals surface area contributed by atoms with Crippen LogP contribution in [0.4, 0.5) is 37.1 Å². The predicted octanol–water partition coefficient (Wildman–Crippen LogP) is 13.7. The molecule has 30 heteroatoms. The Balaban J connectivity index is -0.000000108. The van der Waals surface area contributed by atoms with Crippen molar-refractivity contribution >= 4 is 65.6 Å². The minimum absolute atomic E-state index is 0.167. The molecule has 5 fully saturated rings. The second-order valence-electron chi connectivity index (χ2n) is 9.26. The molecule has 5 aliphatic rings. The number of aryl methyl sites for hydroxylation is 3. The van der Waals surface area contributed by atoms with Crippen LogP contribution in [0.5, 0.6) is 0 Å². The number of rotatable bonds is 0. The van der Waals surface area contributed by atoms with Crippen LogP contribution in [0.3, 0.4) is 0 Å². The molecule has 0 radical (unpaired) electrons. The number of hydrogen-bond acceptors (Lipinski definition) is 24. The molecule has 74 heavy (non-hydrogen) atoms. The predicted molar refractivity (Wildman–Crippen MR) is 262 cm³/mol. The lowest BCUT2D eigenvalue weighted by Crippen LogP contribution is -2.09. The van der Waals surface area contributed by atoms with E-state index in [4.69, 9.17) is 34.8 Å². The van der Waals surface area contributed by atoms with Gasteiger partial charge in [0.15, 0.2) is 13.2 Å². The van der Waals surface area contributed by atoms with Gasteiger partial charge in [0.2, 0.25) is 16.7 Å². The van der Waals surface area contributed by atoms with Crippen LogP contribution >= 0.6 is 34.8 Å². The summed E-state index contributed by atoms with van der Waals surface area (Å²) in [5, 5.41) is 0. The van der Waals surface area contributed by atoms with E-state index < -0.39 is 84.0 Å². The summed E-state index contributed by atoms with van der Waals surface area (Å²) in [5.41, 5.74) is -2.26. The van der Waals surface area contributed by atoms with E-state index in [0.717, 1.165) is 0 Å². The Morgan fingerprint density at radius 3 is 0.959 bits per heavy atom. The summed E-state index contributed by atoms with van der Waals surface area (Å²) in [6.07, 6.45) is -6.78. The van der Waals surface area contributed by atoms with E-state index in [9.17, 15) is 51.5 Å². The van der Waals surface area contributed by atoms with E-state index in [1.807, 2.05) is 111 Å². The van der Waals surface area contributed by atoms with Crippen molar-refractivity contribution < 1.29 is 111 Å². The summed E-state index contributed by atoms with van der Waals surface area (Å²) in [6, 6.07) is 0. The van der Waals surface area contributed by atoms with Crippen molar-refractivity contribution in [2.45, 2.75) is 167 Å². The van der Waals surface area contributed by atoms with Crippen molar-refractivity contribution in [3.63, 3.8) is 0 Å². The van der Waals surface area contributed by atoms with Gasteiger partial charge in [0.1, 0.15) is 48.4 Å². The summed E-state index contributed by atoms with van der Waals surface area (Å²) in [5.74, 6) is 0.0625. The molecule has 0 aliphatic carbocycles. The fourth-order valence-corrected chi connectivity index (χ4v) is 2.87. The molecule has 436 valence electrons. The third-order valence-electron chi connectivity index (χ3n) is 4.86. The van der Waals surface area contributed by atoms with Gasteiger partial charge in [-0.05, 0) is 20.8 Å². The largest absolute Gasteiger partial charge is 0.518 e. The van der Waals surface area contributed by atoms with E-state index in [2.05, 4.69) is 80.5 Å². The average molecular weight is 1150 g/mol. The van der Waals surface area contributed by atoms with Crippen LogP contribution in [-0.2, 0) is 47.4 Å². The maximum absolute atomic E-state index is 11.6. The van der Waals surface area contributed by atoms with Crippen molar-refractivity contribution in [2.75, 3.05) is 19.8 Å². The lowest BCUT2D eigenvalue weighted by Gasteiger charge is -1.95. The number of hydrogen-bond donors (Lipinski definition) is 0. The molecule has 0 N–H and O–H groups in total. The topological polar surface area (TPSA) is 308 Å². The molecule has 0 bridgehead atoms. The van der Waals surface area contributed by atoms with E-state index in [0.29, 0.717) is 23.0 Å². The number of cyclic esters (lactones) is 10. The van der Waals surface area contributed by atoms with Gasteiger partial charge in [-0.2, -0.15) is 13.2 Å². The molecule has 0 aromatic carbocycles. The second kappa shape index (κ2) is 59.3. The van der Waals surface area contributed by atoms with Crippen LogP contribution in [0.1, 0.15) is 128 Å². The zero-order valence-electron chi connectivity index (χ0n) is 45.1. The maximum atomic E-state index is 11.6. The molecule has 6 unspecified atom stereocenters. The van der Waals surface area contributed by atoms with Gasteiger partial charge in [0.25, 0.3) is 6.36 Å². The SMILES string of the molecule is C=C1COC(=O)O1.CC.CC.CC.CC.CC.CC.CC.CC.Cc1coc(=O)o1.Cc1oc(=O)oc1C.O=C1OC(Cl)C(Cl)O1.O=C1OC(F)C(F)O1.O=C1OCC(Cl)O1.O=C1OCC(F)O1.O=c1occo1. The standard InChI is InChI=1S/C5H6O3.2C4H4O3.C3H2Cl2O3.C3H3ClO3.C3H2F2O3.C3H3FO3.C3H2O3.8C2H6/c1-3-4(2)8-5(6)7-3;2*1-3-2-6-4(5)7-3;4-1-2(5)8-3(6)7-1;4-2-1-6-3(5)7-2;4-1-2(5)8-3(6)7-1;4-2-1-6-3(5)7-2;4-3-5-1-2-6-3;8*1-2/h1-2H3;2H,1H3;1-2H2;1-2H;2H,1H2;1-2H;2H,1H2;1-2H;8*1-2H3. The van der Waals surface area contributed by atoms with Crippen LogP contribution in [0.2, 0.25) is 0 Å². The molecular weight excluding hydrogens is 1080 g/mol. The lowest BCUT2D eigenvalue weighted by atomic mass is 10.4. The summed E-state index contributed by atoms with van der Waals surface area (Å²) in [7, 11) is 0. The molecule has 24 nitrogen and oxygen atoms in total. The van der Waals surface area contributed by atoms with Gasteiger partial charge in [0, 0.05) is 0 Å². The molecule has 5 saturated heterocycles. The van der Waals surface area contributed by atoms with Gasteiger partial charge >= 0.3 is 61.0 Å². The first kappa shape index (κ1) is 84.6. The molecular formula is C44H74Cl3F3O24.